The Morgan fingerprint density at radius 1 is 1.56 bits per heavy atom. The maximum Gasteiger partial charge on any atom is 0.243 e. The van der Waals surface area contributed by atoms with E-state index in [-0.39, 0.29) is 24.1 Å². The van der Waals surface area contributed by atoms with Crippen LogP contribution in [0.3, 0.4) is 0 Å². The third kappa shape index (κ3) is 1.84. The Kier molecular flexibility index (Phi) is 3.50. The predicted octanol–water partition coefficient (Wildman–Crippen LogP) is 0.502. The molecule has 0 aromatic carbocycles. The summed E-state index contributed by atoms with van der Waals surface area (Å²) in [7, 11) is 0. The van der Waals surface area contributed by atoms with Crippen LogP contribution < -0.4 is 5.32 Å². The molecule has 1 amide bonds. The molecule has 1 unspecified atom stereocenters. The summed E-state index contributed by atoms with van der Waals surface area (Å²) in [5, 5.41) is 12.6. The maximum atomic E-state index is 12.5. The lowest BCUT2D eigenvalue weighted by Gasteiger charge is -2.34. The molecular weight excluding hydrogens is 204 g/mol. The molecule has 2 fully saturated rings. The van der Waals surface area contributed by atoms with Crippen LogP contribution in [0.1, 0.15) is 39.0 Å². The van der Waals surface area contributed by atoms with Crippen molar-refractivity contribution >= 4 is 5.91 Å². The van der Waals surface area contributed by atoms with Crippen LogP contribution in [0, 0.1) is 0 Å². The highest BCUT2D eigenvalue weighted by Gasteiger charge is 2.44. The number of hydrogen-bond donors (Lipinski definition) is 2. The molecule has 2 aliphatic rings. The zero-order valence-electron chi connectivity index (χ0n) is 10.0. The highest BCUT2D eigenvalue weighted by Crippen LogP contribution is 2.29. The van der Waals surface area contributed by atoms with E-state index < -0.39 is 0 Å². The third-order valence-corrected chi connectivity index (χ3v) is 4.11. The van der Waals surface area contributed by atoms with Gasteiger partial charge in [0.05, 0.1) is 18.2 Å². The van der Waals surface area contributed by atoms with Gasteiger partial charge in [-0.2, -0.15) is 0 Å². The number of likely N-dealkylation sites (tertiary alicyclic amines) is 1. The van der Waals surface area contributed by atoms with Gasteiger partial charge in [0.25, 0.3) is 0 Å². The van der Waals surface area contributed by atoms with E-state index in [0.717, 1.165) is 45.2 Å². The molecule has 2 aliphatic heterocycles. The molecule has 2 N–H and O–H groups in total. The summed E-state index contributed by atoms with van der Waals surface area (Å²) in [4.78, 5) is 14.4. The number of rotatable bonds is 3. The van der Waals surface area contributed by atoms with E-state index in [1.807, 2.05) is 4.90 Å². The largest absolute Gasteiger partial charge is 0.394 e. The van der Waals surface area contributed by atoms with Gasteiger partial charge in [0.1, 0.15) is 0 Å². The van der Waals surface area contributed by atoms with Gasteiger partial charge in [-0.05, 0) is 38.6 Å². The van der Waals surface area contributed by atoms with Crippen molar-refractivity contribution in [3.05, 3.63) is 0 Å². The summed E-state index contributed by atoms with van der Waals surface area (Å²) in [6.45, 7) is 3.93. The van der Waals surface area contributed by atoms with E-state index in [9.17, 15) is 9.90 Å². The molecule has 4 heteroatoms. The van der Waals surface area contributed by atoms with Crippen LogP contribution in [0.5, 0.6) is 0 Å². The van der Waals surface area contributed by atoms with Crippen LogP contribution >= 0.6 is 0 Å². The van der Waals surface area contributed by atoms with Crippen molar-refractivity contribution in [1.82, 2.24) is 10.2 Å². The number of carbonyl (C=O) groups excluding carboxylic acids is 1. The molecule has 0 aromatic heterocycles. The molecule has 0 radical (unpaired) electrons. The van der Waals surface area contributed by atoms with Crippen molar-refractivity contribution in [3.8, 4) is 0 Å². The van der Waals surface area contributed by atoms with Gasteiger partial charge in [-0.15, -0.1) is 0 Å². The smallest absolute Gasteiger partial charge is 0.243 e. The van der Waals surface area contributed by atoms with Crippen molar-refractivity contribution in [2.24, 2.45) is 0 Å². The molecule has 2 rings (SSSR count). The number of hydrogen-bond acceptors (Lipinski definition) is 3. The molecule has 0 saturated carbocycles. The fraction of sp³-hybridized carbons (Fsp3) is 0.917. The standard InChI is InChI=1S/C12H22N2O2/c1-2-12(6-4-7-13-12)11(16)14-8-3-5-10(14)9-15/h10,13,15H,2-9H2,1H3/t10-,12?/m0/s1. The maximum absolute atomic E-state index is 12.5. The Balaban J connectivity index is 2.10. The number of aliphatic hydroxyl groups excluding tert-OH is 1. The van der Waals surface area contributed by atoms with Crippen LogP contribution in [0.2, 0.25) is 0 Å². The summed E-state index contributed by atoms with van der Waals surface area (Å²) >= 11 is 0. The molecule has 0 bridgehead atoms. The molecule has 0 spiro atoms. The van der Waals surface area contributed by atoms with Crippen molar-refractivity contribution in [2.75, 3.05) is 19.7 Å². The molecular formula is C12H22N2O2. The second-order valence-corrected chi connectivity index (χ2v) is 4.94. The summed E-state index contributed by atoms with van der Waals surface area (Å²) < 4.78 is 0. The fourth-order valence-electron chi connectivity index (χ4n) is 3.01. The summed E-state index contributed by atoms with van der Waals surface area (Å²) in [5.41, 5.74) is -0.336. The second-order valence-electron chi connectivity index (χ2n) is 4.94. The lowest BCUT2D eigenvalue weighted by Crippen LogP contribution is -2.56. The first kappa shape index (κ1) is 11.9. The van der Waals surface area contributed by atoms with Gasteiger partial charge in [0.2, 0.25) is 5.91 Å². The highest BCUT2D eigenvalue weighted by atomic mass is 16.3. The SMILES string of the molecule is CCC1(C(=O)N2CCC[C@H]2CO)CCCN1. The van der Waals surface area contributed by atoms with Crippen LogP contribution in [0.25, 0.3) is 0 Å². The quantitative estimate of drug-likeness (QED) is 0.737. The van der Waals surface area contributed by atoms with Gasteiger partial charge in [0.15, 0.2) is 0 Å². The van der Waals surface area contributed by atoms with Crippen molar-refractivity contribution in [1.29, 1.82) is 0 Å². The van der Waals surface area contributed by atoms with E-state index in [1.165, 1.54) is 0 Å². The number of aliphatic hydroxyl groups is 1. The zero-order chi connectivity index (χ0) is 11.6. The Labute approximate surface area is 97.0 Å². The van der Waals surface area contributed by atoms with E-state index in [2.05, 4.69) is 12.2 Å². The average molecular weight is 226 g/mol. The second kappa shape index (κ2) is 4.72. The van der Waals surface area contributed by atoms with Crippen LogP contribution in [-0.2, 0) is 4.79 Å². The van der Waals surface area contributed by atoms with E-state index in [4.69, 9.17) is 0 Å². The summed E-state index contributed by atoms with van der Waals surface area (Å²) in [6, 6.07) is 0.0540. The van der Waals surface area contributed by atoms with Crippen molar-refractivity contribution in [2.45, 2.75) is 50.6 Å². The van der Waals surface area contributed by atoms with Gasteiger partial charge in [-0.1, -0.05) is 6.92 Å². The minimum Gasteiger partial charge on any atom is -0.394 e. The first-order valence-electron chi connectivity index (χ1n) is 6.40. The lowest BCUT2D eigenvalue weighted by molar-refractivity contribution is -0.139. The fourth-order valence-corrected chi connectivity index (χ4v) is 3.01. The monoisotopic (exact) mass is 226 g/mol. The minimum atomic E-state index is -0.336. The molecule has 0 aromatic rings. The Morgan fingerprint density at radius 2 is 2.38 bits per heavy atom. The number of carbonyl (C=O) groups is 1. The van der Waals surface area contributed by atoms with Crippen LogP contribution in [-0.4, -0.2) is 47.2 Å². The average Bonchev–Trinajstić information content (AvgIpc) is 2.97. The predicted molar refractivity (Wildman–Crippen MR) is 62.1 cm³/mol. The zero-order valence-corrected chi connectivity index (χ0v) is 10.0. The van der Waals surface area contributed by atoms with Gasteiger partial charge >= 0.3 is 0 Å². The molecule has 2 atom stereocenters. The van der Waals surface area contributed by atoms with Gasteiger partial charge in [-0.25, -0.2) is 0 Å². The van der Waals surface area contributed by atoms with E-state index >= 15 is 0 Å². The van der Waals surface area contributed by atoms with E-state index in [0.29, 0.717) is 0 Å². The van der Waals surface area contributed by atoms with Crippen molar-refractivity contribution < 1.29 is 9.90 Å². The Morgan fingerprint density at radius 3 is 2.94 bits per heavy atom. The first-order chi connectivity index (χ1) is 7.73. The minimum absolute atomic E-state index is 0.0540. The molecule has 2 saturated heterocycles. The number of amides is 1. The van der Waals surface area contributed by atoms with Gasteiger partial charge in [0, 0.05) is 6.54 Å². The summed E-state index contributed by atoms with van der Waals surface area (Å²) in [6.07, 6.45) is 4.84. The normalized spacial score (nSPS) is 34.6. The van der Waals surface area contributed by atoms with E-state index in [1.54, 1.807) is 0 Å². The Bertz CT molecular complexity index is 262. The third-order valence-electron chi connectivity index (χ3n) is 4.11. The number of nitrogens with zero attached hydrogens (tertiary/aromatic N) is 1. The molecule has 4 nitrogen and oxygen atoms in total. The van der Waals surface area contributed by atoms with Crippen LogP contribution in [0.15, 0.2) is 0 Å². The van der Waals surface area contributed by atoms with Gasteiger partial charge in [-0.3, -0.25) is 4.79 Å². The topological polar surface area (TPSA) is 52.6 Å². The van der Waals surface area contributed by atoms with Crippen LogP contribution in [0.4, 0.5) is 0 Å². The molecule has 2 heterocycles. The summed E-state index contributed by atoms with van der Waals surface area (Å²) in [5.74, 6) is 0.212. The first-order valence-corrected chi connectivity index (χ1v) is 6.40. The molecule has 0 aliphatic carbocycles. The number of nitrogens with one attached hydrogen (secondary N) is 1. The Hall–Kier alpha value is -0.610. The molecule has 92 valence electrons. The lowest BCUT2D eigenvalue weighted by atomic mass is 9.92. The van der Waals surface area contributed by atoms with Gasteiger partial charge < -0.3 is 15.3 Å². The van der Waals surface area contributed by atoms with Crippen molar-refractivity contribution in [3.63, 3.8) is 0 Å². The highest BCUT2D eigenvalue weighted by molar-refractivity contribution is 5.87. The molecule has 16 heavy (non-hydrogen) atoms.